The lowest BCUT2D eigenvalue weighted by Crippen LogP contribution is -2.23. The van der Waals surface area contributed by atoms with Crippen LogP contribution in [-0.4, -0.2) is 38.9 Å². The number of para-hydroxylation sites is 2. The molecule has 2 aromatic heterocycles. The summed E-state index contributed by atoms with van der Waals surface area (Å²) in [5, 5.41) is 15.4. The molecule has 5 rings (SSSR count). The van der Waals surface area contributed by atoms with Gasteiger partial charge in [0.25, 0.3) is 5.91 Å². The molecule has 0 bridgehead atoms. The van der Waals surface area contributed by atoms with Crippen molar-refractivity contribution in [3.63, 3.8) is 0 Å². The van der Waals surface area contributed by atoms with Gasteiger partial charge in [0.1, 0.15) is 18.0 Å². The van der Waals surface area contributed by atoms with E-state index in [0.29, 0.717) is 22.7 Å². The fourth-order valence-corrected chi connectivity index (χ4v) is 3.86. The lowest BCUT2D eigenvalue weighted by Gasteiger charge is -2.10. The van der Waals surface area contributed by atoms with E-state index in [4.69, 9.17) is 4.74 Å². The molecule has 0 fully saturated rings. The minimum absolute atomic E-state index is 0.00734. The van der Waals surface area contributed by atoms with E-state index in [0.717, 1.165) is 21.8 Å². The summed E-state index contributed by atoms with van der Waals surface area (Å²) in [4.78, 5) is 30.2. The van der Waals surface area contributed by atoms with Crippen LogP contribution in [0.3, 0.4) is 0 Å². The fraction of sp³-hybridized carbons (Fsp3) is 0.115. The van der Waals surface area contributed by atoms with Gasteiger partial charge in [-0.1, -0.05) is 41.6 Å². The number of amides is 2. The molecule has 0 spiro atoms. The predicted molar refractivity (Wildman–Crippen MR) is 132 cm³/mol. The van der Waals surface area contributed by atoms with Crippen molar-refractivity contribution in [2.24, 2.45) is 0 Å². The Labute approximate surface area is 200 Å². The minimum atomic E-state index is -0.245. The van der Waals surface area contributed by atoms with Crippen molar-refractivity contribution in [1.82, 2.24) is 25.3 Å². The lowest BCUT2D eigenvalue weighted by molar-refractivity contribution is -0.116. The van der Waals surface area contributed by atoms with Gasteiger partial charge < -0.3 is 15.4 Å². The van der Waals surface area contributed by atoms with Crippen LogP contribution < -0.4 is 15.4 Å². The molecular formula is C26H22N6O3. The summed E-state index contributed by atoms with van der Waals surface area (Å²) in [6.45, 7) is 0.163. The SMILES string of the molecule is COc1ccc(NC(=O)Cn2cc(CNC(=O)c3c4ccccc4nc4ccccc34)nn2)cc1. The molecule has 0 saturated carbocycles. The minimum Gasteiger partial charge on any atom is -0.497 e. The Morgan fingerprint density at radius 2 is 1.57 bits per heavy atom. The third kappa shape index (κ3) is 4.79. The number of methoxy groups -OCH3 is 1. The maximum atomic E-state index is 13.2. The lowest BCUT2D eigenvalue weighted by atomic mass is 10.0. The van der Waals surface area contributed by atoms with Crippen LogP contribution in [-0.2, 0) is 17.9 Å². The molecule has 3 aromatic carbocycles. The van der Waals surface area contributed by atoms with Crippen LogP contribution in [0.1, 0.15) is 16.1 Å². The Bertz CT molecular complexity index is 1470. The summed E-state index contributed by atoms with van der Waals surface area (Å²) in [6, 6.07) is 22.2. The molecule has 0 unspecified atom stereocenters. The van der Waals surface area contributed by atoms with Gasteiger partial charge in [-0.2, -0.15) is 0 Å². The largest absolute Gasteiger partial charge is 0.497 e. The second-order valence-electron chi connectivity index (χ2n) is 7.89. The van der Waals surface area contributed by atoms with Crippen LogP contribution in [0.4, 0.5) is 5.69 Å². The zero-order chi connectivity index (χ0) is 24.2. The maximum Gasteiger partial charge on any atom is 0.252 e. The molecular weight excluding hydrogens is 444 g/mol. The number of aromatic nitrogens is 4. The second-order valence-corrected chi connectivity index (χ2v) is 7.89. The summed E-state index contributed by atoms with van der Waals surface area (Å²) in [5.74, 6) is 0.232. The summed E-state index contributed by atoms with van der Waals surface area (Å²) < 4.78 is 6.54. The zero-order valence-corrected chi connectivity index (χ0v) is 18.9. The van der Waals surface area contributed by atoms with Crippen LogP contribution in [0.15, 0.2) is 79.0 Å². The molecule has 0 aliphatic rings. The number of hydrogen-bond acceptors (Lipinski definition) is 6. The number of rotatable bonds is 7. The first-order chi connectivity index (χ1) is 17.1. The maximum absolute atomic E-state index is 13.2. The average molecular weight is 467 g/mol. The van der Waals surface area contributed by atoms with Gasteiger partial charge in [-0.05, 0) is 36.4 Å². The van der Waals surface area contributed by atoms with E-state index in [9.17, 15) is 9.59 Å². The van der Waals surface area contributed by atoms with E-state index in [-0.39, 0.29) is 24.9 Å². The Morgan fingerprint density at radius 1 is 0.914 bits per heavy atom. The molecule has 2 amide bonds. The van der Waals surface area contributed by atoms with Crippen molar-refractivity contribution in [3.05, 3.63) is 90.3 Å². The Balaban J connectivity index is 1.26. The van der Waals surface area contributed by atoms with Crippen molar-refractivity contribution in [2.75, 3.05) is 12.4 Å². The molecule has 35 heavy (non-hydrogen) atoms. The van der Waals surface area contributed by atoms with Gasteiger partial charge >= 0.3 is 0 Å². The molecule has 0 saturated heterocycles. The number of ether oxygens (including phenoxy) is 1. The van der Waals surface area contributed by atoms with Gasteiger partial charge in [-0.25, -0.2) is 9.67 Å². The fourth-order valence-electron chi connectivity index (χ4n) is 3.86. The van der Waals surface area contributed by atoms with Crippen molar-refractivity contribution in [3.8, 4) is 5.75 Å². The zero-order valence-electron chi connectivity index (χ0n) is 18.9. The average Bonchev–Trinajstić information content (AvgIpc) is 3.33. The summed E-state index contributed by atoms with van der Waals surface area (Å²) in [6.07, 6.45) is 1.64. The Morgan fingerprint density at radius 3 is 2.23 bits per heavy atom. The molecule has 5 aromatic rings. The molecule has 0 aliphatic carbocycles. The van der Waals surface area contributed by atoms with Gasteiger partial charge in [0, 0.05) is 16.5 Å². The number of fused-ring (bicyclic) bond motifs is 2. The van der Waals surface area contributed by atoms with Gasteiger partial charge in [0.05, 0.1) is 36.4 Å². The molecule has 0 radical (unpaired) electrons. The normalized spacial score (nSPS) is 10.9. The standard InChI is InChI=1S/C26H22N6O3/c1-35-19-12-10-17(11-13-19)28-24(33)16-32-15-18(30-31-32)14-27-26(34)25-20-6-2-4-8-22(20)29-23-9-5-3-7-21(23)25/h2-13,15H,14,16H2,1H3,(H,27,34)(H,28,33). The van der Waals surface area contributed by atoms with E-state index in [1.807, 2.05) is 48.5 Å². The summed E-state index contributed by atoms with van der Waals surface area (Å²) in [5.41, 5.74) is 3.27. The van der Waals surface area contributed by atoms with Crippen LogP contribution in [0, 0.1) is 0 Å². The quantitative estimate of drug-likeness (QED) is 0.355. The van der Waals surface area contributed by atoms with E-state index >= 15 is 0 Å². The highest BCUT2D eigenvalue weighted by Gasteiger charge is 2.16. The van der Waals surface area contributed by atoms with E-state index in [1.54, 1.807) is 37.6 Å². The molecule has 2 N–H and O–H groups in total. The number of nitrogens with zero attached hydrogens (tertiary/aromatic N) is 4. The molecule has 9 heteroatoms. The van der Waals surface area contributed by atoms with E-state index in [1.165, 1.54) is 4.68 Å². The highest BCUT2D eigenvalue weighted by molar-refractivity contribution is 6.16. The molecule has 0 atom stereocenters. The molecule has 0 aliphatic heterocycles. The number of nitrogens with one attached hydrogen (secondary N) is 2. The second kappa shape index (κ2) is 9.60. The number of carbonyl (C=O) groups is 2. The number of pyridine rings is 1. The van der Waals surface area contributed by atoms with Gasteiger partial charge in [-0.15, -0.1) is 5.10 Å². The topological polar surface area (TPSA) is 111 Å². The van der Waals surface area contributed by atoms with Crippen molar-refractivity contribution in [2.45, 2.75) is 13.1 Å². The summed E-state index contributed by atoms with van der Waals surface area (Å²) in [7, 11) is 1.58. The van der Waals surface area contributed by atoms with Gasteiger partial charge in [0.2, 0.25) is 5.91 Å². The first-order valence-corrected chi connectivity index (χ1v) is 11.0. The van der Waals surface area contributed by atoms with Crippen molar-refractivity contribution < 1.29 is 14.3 Å². The van der Waals surface area contributed by atoms with Crippen LogP contribution in [0.25, 0.3) is 21.8 Å². The highest BCUT2D eigenvalue weighted by atomic mass is 16.5. The number of anilines is 1. The molecule has 174 valence electrons. The number of hydrogen-bond donors (Lipinski definition) is 2. The van der Waals surface area contributed by atoms with Crippen LogP contribution in [0.5, 0.6) is 5.75 Å². The molecule has 9 nitrogen and oxygen atoms in total. The first-order valence-electron chi connectivity index (χ1n) is 11.0. The van der Waals surface area contributed by atoms with Crippen molar-refractivity contribution in [1.29, 1.82) is 0 Å². The predicted octanol–water partition coefficient (Wildman–Crippen LogP) is 3.56. The highest BCUT2D eigenvalue weighted by Crippen LogP contribution is 2.25. The van der Waals surface area contributed by atoms with E-state index < -0.39 is 0 Å². The number of carbonyl (C=O) groups excluding carboxylic acids is 2. The van der Waals surface area contributed by atoms with Crippen molar-refractivity contribution >= 4 is 39.3 Å². The summed E-state index contributed by atoms with van der Waals surface area (Å²) >= 11 is 0. The third-order valence-electron chi connectivity index (χ3n) is 5.51. The monoisotopic (exact) mass is 466 g/mol. The van der Waals surface area contributed by atoms with Gasteiger partial charge in [-0.3, -0.25) is 9.59 Å². The first kappa shape index (κ1) is 22.0. The third-order valence-corrected chi connectivity index (χ3v) is 5.51. The van der Waals surface area contributed by atoms with Gasteiger partial charge in [0.15, 0.2) is 0 Å². The Hall–Kier alpha value is -4.79. The van der Waals surface area contributed by atoms with Crippen LogP contribution >= 0.6 is 0 Å². The number of benzene rings is 3. The smallest absolute Gasteiger partial charge is 0.252 e. The Kier molecular flexibility index (Phi) is 6.04. The van der Waals surface area contributed by atoms with E-state index in [2.05, 4.69) is 25.9 Å². The van der Waals surface area contributed by atoms with Crippen LogP contribution in [0.2, 0.25) is 0 Å². The molecule has 2 heterocycles.